The monoisotopic (exact) mass is 452 g/mol. The summed E-state index contributed by atoms with van der Waals surface area (Å²) < 4.78 is 38.5. The zero-order valence-corrected chi connectivity index (χ0v) is 17.7. The zero-order valence-electron chi connectivity index (χ0n) is 17.7. The third-order valence-electron chi connectivity index (χ3n) is 4.27. The van der Waals surface area contributed by atoms with Crippen LogP contribution < -0.4 is 10.6 Å². The molecule has 3 N–H and O–H groups in total. The van der Waals surface area contributed by atoms with E-state index in [1.54, 1.807) is 20.8 Å². The molecule has 0 saturated heterocycles. The largest absolute Gasteiger partial charge is 0.480 e. The normalized spacial score (nSPS) is 12.0. The highest BCUT2D eigenvalue weighted by Gasteiger charge is 2.38. The van der Waals surface area contributed by atoms with E-state index < -0.39 is 45.0 Å². The Kier molecular flexibility index (Phi) is 10.9. The van der Waals surface area contributed by atoms with Gasteiger partial charge in [-0.3, -0.25) is 25.0 Å². The minimum Gasteiger partial charge on any atom is -0.480 e. The van der Waals surface area contributed by atoms with Crippen LogP contribution in [0.1, 0.15) is 46.1 Å². The maximum atomic E-state index is 12.8. The van der Waals surface area contributed by atoms with E-state index in [1.165, 1.54) is 4.90 Å². The second kappa shape index (κ2) is 12.0. The van der Waals surface area contributed by atoms with E-state index in [1.807, 2.05) is 6.92 Å². The number of hydrogen-bond acceptors (Lipinski definition) is 7. The number of nitro benzene ring substituents is 2. The van der Waals surface area contributed by atoms with Crippen molar-refractivity contribution < 1.29 is 32.9 Å². The van der Waals surface area contributed by atoms with Gasteiger partial charge in [0.05, 0.1) is 15.4 Å². The average Bonchev–Trinajstić information content (AvgIpc) is 2.66. The van der Waals surface area contributed by atoms with Crippen molar-refractivity contribution >= 4 is 23.0 Å². The molecule has 176 valence electrons. The standard InChI is InChI=1S/C13H16F3N3O4.C5H11NO2/c1-3-5-6-17(4-2)12-10(18(20)21)7-9(13(14,15)16)8-11(12)19(22)23;1-3(2)4(6)5(7)8/h7-8H,3-6H2,1-2H3;3-4H,6H2,1-2H3,(H,7,8)/t;4-/m.0/s1. The number of alkyl halides is 3. The summed E-state index contributed by atoms with van der Waals surface area (Å²) in [6, 6.07) is -0.0246. The molecule has 1 atom stereocenters. The molecule has 0 aromatic heterocycles. The molecule has 1 aromatic rings. The molecule has 0 spiro atoms. The van der Waals surface area contributed by atoms with Crippen molar-refractivity contribution in [1.29, 1.82) is 0 Å². The predicted octanol–water partition coefficient (Wildman–Crippen LogP) is 4.20. The Labute approximate surface area is 177 Å². The Balaban J connectivity index is 0.000000954. The maximum Gasteiger partial charge on any atom is 0.416 e. The summed E-state index contributed by atoms with van der Waals surface area (Å²) in [6.07, 6.45) is -3.57. The van der Waals surface area contributed by atoms with Gasteiger partial charge in [-0.25, -0.2) is 0 Å². The van der Waals surface area contributed by atoms with Crippen LogP contribution in [0.15, 0.2) is 12.1 Å². The van der Waals surface area contributed by atoms with Gasteiger partial charge in [0.15, 0.2) is 5.69 Å². The van der Waals surface area contributed by atoms with Crippen molar-refractivity contribution in [3.8, 4) is 0 Å². The molecule has 0 saturated carbocycles. The van der Waals surface area contributed by atoms with E-state index in [0.29, 0.717) is 18.6 Å². The summed E-state index contributed by atoms with van der Waals surface area (Å²) in [5.41, 5.74) is 1.54. The van der Waals surface area contributed by atoms with Crippen molar-refractivity contribution in [2.75, 3.05) is 18.0 Å². The lowest BCUT2D eigenvalue weighted by molar-refractivity contribution is -0.393. The van der Waals surface area contributed by atoms with Crippen LogP contribution in [0.2, 0.25) is 0 Å². The smallest absolute Gasteiger partial charge is 0.416 e. The van der Waals surface area contributed by atoms with E-state index in [0.717, 1.165) is 6.42 Å². The van der Waals surface area contributed by atoms with Gasteiger partial charge in [0.1, 0.15) is 6.04 Å². The van der Waals surface area contributed by atoms with Gasteiger partial charge in [-0.1, -0.05) is 27.2 Å². The molecule has 31 heavy (non-hydrogen) atoms. The third-order valence-corrected chi connectivity index (χ3v) is 4.27. The minimum atomic E-state index is -4.91. The van der Waals surface area contributed by atoms with Gasteiger partial charge < -0.3 is 15.7 Å². The van der Waals surface area contributed by atoms with Crippen LogP contribution in [0, 0.1) is 26.1 Å². The molecule has 1 rings (SSSR count). The first-order valence-corrected chi connectivity index (χ1v) is 9.46. The molecule has 0 unspecified atom stereocenters. The lowest BCUT2D eigenvalue weighted by Crippen LogP contribution is -2.34. The number of anilines is 1. The van der Waals surface area contributed by atoms with Crippen LogP contribution in [0.4, 0.5) is 30.2 Å². The number of carboxylic acid groups (broad SMARTS) is 1. The molecule has 0 heterocycles. The number of carboxylic acids is 1. The van der Waals surface area contributed by atoms with E-state index in [-0.39, 0.29) is 24.7 Å². The van der Waals surface area contributed by atoms with Crippen molar-refractivity contribution in [2.45, 2.75) is 52.8 Å². The molecule has 0 aliphatic carbocycles. The third kappa shape index (κ3) is 8.36. The highest BCUT2D eigenvalue weighted by molar-refractivity contribution is 5.76. The highest BCUT2D eigenvalue weighted by atomic mass is 19.4. The summed E-state index contributed by atoms with van der Waals surface area (Å²) >= 11 is 0. The van der Waals surface area contributed by atoms with E-state index in [9.17, 15) is 38.2 Å². The first kappa shape index (κ1) is 28.0. The molecule has 0 amide bonds. The number of halogens is 3. The van der Waals surface area contributed by atoms with Gasteiger partial charge in [0, 0.05) is 25.2 Å². The number of nitrogens with zero attached hydrogens (tertiary/aromatic N) is 3. The quantitative estimate of drug-likeness (QED) is 0.417. The van der Waals surface area contributed by atoms with Gasteiger partial charge in [0.2, 0.25) is 0 Å². The van der Waals surface area contributed by atoms with E-state index in [2.05, 4.69) is 0 Å². The predicted molar refractivity (Wildman–Crippen MR) is 108 cm³/mol. The van der Waals surface area contributed by atoms with Crippen molar-refractivity contribution in [3.05, 3.63) is 37.9 Å². The fourth-order valence-electron chi connectivity index (χ4n) is 2.43. The molecule has 0 aliphatic heterocycles. The maximum absolute atomic E-state index is 12.8. The molecular formula is C18H27F3N4O6. The van der Waals surface area contributed by atoms with Crippen LogP contribution in [0.5, 0.6) is 0 Å². The molecule has 10 nitrogen and oxygen atoms in total. The van der Waals surface area contributed by atoms with Crippen molar-refractivity contribution in [1.82, 2.24) is 0 Å². The van der Waals surface area contributed by atoms with Crippen LogP contribution >= 0.6 is 0 Å². The second-order valence-corrected chi connectivity index (χ2v) is 6.92. The molecule has 1 aromatic carbocycles. The highest BCUT2D eigenvalue weighted by Crippen LogP contribution is 2.43. The van der Waals surface area contributed by atoms with Crippen LogP contribution in [-0.4, -0.2) is 40.1 Å². The van der Waals surface area contributed by atoms with E-state index >= 15 is 0 Å². The van der Waals surface area contributed by atoms with Crippen molar-refractivity contribution in [2.24, 2.45) is 11.7 Å². The van der Waals surface area contributed by atoms with Gasteiger partial charge in [0.25, 0.3) is 11.4 Å². The summed E-state index contributed by atoms with van der Waals surface area (Å²) in [4.78, 5) is 31.7. The van der Waals surface area contributed by atoms with Gasteiger partial charge >= 0.3 is 12.1 Å². The number of carbonyl (C=O) groups is 1. The second-order valence-electron chi connectivity index (χ2n) is 6.92. The Morgan fingerprint density at radius 2 is 1.61 bits per heavy atom. The molecular weight excluding hydrogens is 425 g/mol. The van der Waals surface area contributed by atoms with Gasteiger partial charge in [-0.2, -0.15) is 13.2 Å². The Morgan fingerprint density at radius 1 is 1.16 bits per heavy atom. The summed E-state index contributed by atoms with van der Waals surface area (Å²) in [5.74, 6) is -0.910. The Bertz CT molecular complexity index is 751. The van der Waals surface area contributed by atoms with Crippen LogP contribution in [0.3, 0.4) is 0 Å². The number of nitrogens with two attached hydrogens (primary N) is 1. The van der Waals surface area contributed by atoms with Gasteiger partial charge in [-0.15, -0.1) is 0 Å². The molecule has 0 bridgehead atoms. The summed E-state index contributed by atoms with van der Waals surface area (Å²) in [6.45, 7) is 7.52. The topological polar surface area (TPSA) is 153 Å². The average molecular weight is 452 g/mol. The lowest BCUT2D eigenvalue weighted by atomic mass is 10.1. The zero-order chi connectivity index (χ0) is 24.5. The number of aliphatic carboxylic acids is 1. The van der Waals surface area contributed by atoms with Crippen LogP contribution in [-0.2, 0) is 11.0 Å². The summed E-state index contributed by atoms with van der Waals surface area (Å²) in [5, 5.41) is 30.5. The Morgan fingerprint density at radius 3 is 1.84 bits per heavy atom. The number of nitro groups is 2. The summed E-state index contributed by atoms with van der Waals surface area (Å²) in [7, 11) is 0. The molecule has 0 radical (unpaired) electrons. The fourth-order valence-corrected chi connectivity index (χ4v) is 2.43. The fraction of sp³-hybridized carbons (Fsp3) is 0.611. The molecule has 0 fully saturated rings. The lowest BCUT2D eigenvalue weighted by Gasteiger charge is -2.23. The number of benzene rings is 1. The first-order chi connectivity index (χ1) is 14.2. The molecule has 13 heteroatoms. The number of hydrogen-bond donors (Lipinski definition) is 2. The molecule has 0 aliphatic rings. The Hall–Kier alpha value is -2.96. The van der Waals surface area contributed by atoms with E-state index in [4.69, 9.17) is 10.8 Å². The number of rotatable bonds is 9. The number of unbranched alkanes of at least 4 members (excludes halogenated alkanes) is 1. The van der Waals surface area contributed by atoms with Gasteiger partial charge in [-0.05, 0) is 19.3 Å². The van der Waals surface area contributed by atoms with Crippen molar-refractivity contribution in [3.63, 3.8) is 0 Å². The SMILES string of the molecule is CC(C)[C@H](N)C(=O)O.CCCCN(CC)c1c([N+](=O)[O-])cc(C(F)(F)F)cc1[N+](=O)[O-]. The van der Waals surface area contributed by atoms with Crippen LogP contribution in [0.25, 0.3) is 0 Å². The first-order valence-electron chi connectivity index (χ1n) is 9.46. The minimum absolute atomic E-state index is 0.0208.